The highest BCUT2D eigenvalue weighted by atomic mass is 16.2. The van der Waals surface area contributed by atoms with Gasteiger partial charge in [-0.15, -0.1) is 18.3 Å². The number of amides is 1. The Morgan fingerprint density at radius 1 is 1.41 bits per heavy atom. The largest absolute Gasteiger partial charge is 0.328 e. The van der Waals surface area contributed by atoms with E-state index in [2.05, 4.69) is 28.3 Å². The first-order valence-corrected chi connectivity index (χ1v) is 5.65. The average Bonchev–Trinajstić information content (AvgIpc) is 2.77. The number of rotatable bonds is 7. The number of H-pyrrole nitrogens is 1. The minimum Gasteiger partial charge on any atom is -0.328 e. The molecule has 0 unspecified atom stereocenters. The molecule has 0 spiro atoms. The summed E-state index contributed by atoms with van der Waals surface area (Å²) in [5.74, 6) is 0.744. The first kappa shape index (κ1) is 13.2. The Labute approximate surface area is 101 Å². The number of aryl methyl sites for hydroxylation is 1. The molecule has 1 amide bonds. The van der Waals surface area contributed by atoms with Crippen LogP contribution in [0.2, 0.25) is 0 Å². The number of nitrogens with one attached hydrogen (secondary N) is 1. The Bertz CT molecular complexity index is 387. The molecule has 0 fully saturated rings. The third-order valence-electron chi connectivity index (χ3n) is 2.20. The van der Waals surface area contributed by atoms with Crippen LogP contribution in [0.5, 0.6) is 0 Å². The average molecular weight is 234 g/mol. The van der Waals surface area contributed by atoms with Crippen LogP contribution in [0, 0.1) is 0 Å². The zero-order valence-electron chi connectivity index (χ0n) is 10.1. The van der Waals surface area contributed by atoms with Gasteiger partial charge in [-0.3, -0.25) is 9.89 Å². The third-order valence-corrected chi connectivity index (χ3v) is 2.20. The van der Waals surface area contributed by atoms with Gasteiger partial charge in [0.05, 0.1) is 0 Å². The standard InChI is InChI=1S/C12H18N4O/c1-4-7-10-13-11(15-14-10)12(17)16(8-5-2)9-6-3/h5-6H,2-4,7-9H2,1H3,(H,13,14,15). The molecule has 0 atom stereocenters. The van der Waals surface area contributed by atoms with Crippen molar-refractivity contribution in [1.82, 2.24) is 20.1 Å². The molecule has 0 bridgehead atoms. The molecule has 0 saturated carbocycles. The summed E-state index contributed by atoms with van der Waals surface area (Å²) in [7, 11) is 0. The van der Waals surface area contributed by atoms with Crippen molar-refractivity contribution in [2.24, 2.45) is 0 Å². The van der Waals surface area contributed by atoms with Gasteiger partial charge in [0.1, 0.15) is 5.82 Å². The fourth-order valence-electron chi connectivity index (χ4n) is 1.43. The minimum absolute atomic E-state index is 0.205. The summed E-state index contributed by atoms with van der Waals surface area (Å²) in [6, 6.07) is 0. The van der Waals surface area contributed by atoms with Crippen molar-refractivity contribution in [2.45, 2.75) is 19.8 Å². The molecule has 17 heavy (non-hydrogen) atoms. The van der Waals surface area contributed by atoms with Crippen LogP contribution < -0.4 is 0 Å². The fraction of sp³-hybridized carbons (Fsp3) is 0.417. The highest BCUT2D eigenvalue weighted by molar-refractivity contribution is 5.90. The van der Waals surface area contributed by atoms with Crippen LogP contribution in [-0.4, -0.2) is 39.1 Å². The lowest BCUT2D eigenvalue weighted by Crippen LogP contribution is -2.32. The number of carbonyl (C=O) groups is 1. The maximum atomic E-state index is 12.0. The molecule has 0 saturated heterocycles. The molecule has 0 radical (unpaired) electrons. The van der Waals surface area contributed by atoms with E-state index in [4.69, 9.17) is 0 Å². The predicted molar refractivity (Wildman–Crippen MR) is 66.7 cm³/mol. The molecule has 92 valence electrons. The summed E-state index contributed by atoms with van der Waals surface area (Å²) in [6.07, 6.45) is 5.09. The van der Waals surface area contributed by atoms with Crippen molar-refractivity contribution in [3.05, 3.63) is 37.0 Å². The van der Waals surface area contributed by atoms with Gasteiger partial charge in [-0.2, -0.15) is 0 Å². The quantitative estimate of drug-likeness (QED) is 0.728. The summed E-state index contributed by atoms with van der Waals surface area (Å²) in [6.45, 7) is 10.2. The lowest BCUT2D eigenvalue weighted by Gasteiger charge is -2.16. The third kappa shape index (κ3) is 3.55. The normalized spacial score (nSPS) is 9.94. The second-order valence-electron chi connectivity index (χ2n) is 3.64. The van der Waals surface area contributed by atoms with E-state index >= 15 is 0 Å². The molecule has 1 rings (SSSR count). The smallest absolute Gasteiger partial charge is 0.294 e. The fourth-order valence-corrected chi connectivity index (χ4v) is 1.43. The van der Waals surface area contributed by atoms with E-state index in [0.29, 0.717) is 13.1 Å². The Morgan fingerprint density at radius 3 is 2.59 bits per heavy atom. The Hall–Kier alpha value is -1.91. The van der Waals surface area contributed by atoms with E-state index in [-0.39, 0.29) is 11.7 Å². The molecule has 1 N–H and O–H groups in total. The second kappa shape index (κ2) is 6.62. The van der Waals surface area contributed by atoms with Crippen molar-refractivity contribution >= 4 is 5.91 Å². The maximum absolute atomic E-state index is 12.0. The molecule has 0 aliphatic rings. The van der Waals surface area contributed by atoms with Gasteiger partial charge in [0.2, 0.25) is 5.82 Å². The molecule has 1 aromatic heterocycles. The lowest BCUT2D eigenvalue weighted by atomic mass is 10.3. The van der Waals surface area contributed by atoms with Gasteiger partial charge in [-0.25, -0.2) is 4.98 Å². The van der Waals surface area contributed by atoms with Gasteiger partial charge in [-0.05, 0) is 6.42 Å². The lowest BCUT2D eigenvalue weighted by molar-refractivity contribution is 0.0779. The van der Waals surface area contributed by atoms with Gasteiger partial charge in [0, 0.05) is 19.5 Å². The van der Waals surface area contributed by atoms with Gasteiger partial charge in [0.15, 0.2) is 0 Å². The highest BCUT2D eigenvalue weighted by Gasteiger charge is 2.18. The van der Waals surface area contributed by atoms with Crippen molar-refractivity contribution in [2.75, 3.05) is 13.1 Å². The molecular weight excluding hydrogens is 216 g/mol. The Kier molecular flexibility index (Phi) is 5.13. The molecule has 5 heteroatoms. The van der Waals surface area contributed by atoms with Gasteiger partial charge < -0.3 is 4.90 Å². The van der Waals surface area contributed by atoms with Crippen molar-refractivity contribution in [1.29, 1.82) is 0 Å². The number of aromatic amines is 1. The SMILES string of the molecule is C=CCN(CC=C)C(=O)c1n[nH]c(CCC)n1. The number of aromatic nitrogens is 3. The molecule has 0 aliphatic heterocycles. The van der Waals surface area contributed by atoms with Crippen molar-refractivity contribution < 1.29 is 4.79 Å². The Morgan fingerprint density at radius 2 is 2.06 bits per heavy atom. The summed E-state index contributed by atoms with van der Waals surface area (Å²) < 4.78 is 0. The zero-order chi connectivity index (χ0) is 12.7. The van der Waals surface area contributed by atoms with E-state index in [1.54, 1.807) is 17.1 Å². The maximum Gasteiger partial charge on any atom is 0.294 e. The summed E-state index contributed by atoms with van der Waals surface area (Å²) in [5, 5.41) is 6.69. The van der Waals surface area contributed by atoms with Gasteiger partial charge in [0.25, 0.3) is 5.91 Å². The summed E-state index contributed by atoms with van der Waals surface area (Å²) in [4.78, 5) is 17.8. The van der Waals surface area contributed by atoms with Crippen LogP contribution in [0.25, 0.3) is 0 Å². The topological polar surface area (TPSA) is 61.9 Å². The van der Waals surface area contributed by atoms with E-state index < -0.39 is 0 Å². The Balaban J connectivity index is 2.77. The van der Waals surface area contributed by atoms with Crippen LogP contribution >= 0.6 is 0 Å². The number of nitrogens with zero attached hydrogens (tertiary/aromatic N) is 3. The first-order valence-electron chi connectivity index (χ1n) is 5.65. The molecule has 1 heterocycles. The number of hydrogen-bond acceptors (Lipinski definition) is 3. The predicted octanol–water partition coefficient (Wildman–Crippen LogP) is 1.57. The molecular formula is C12H18N4O. The summed E-state index contributed by atoms with van der Waals surface area (Å²) >= 11 is 0. The van der Waals surface area contributed by atoms with Crippen LogP contribution in [0.4, 0.5) is 0 Å². The van der Waals surface area contributed by atoms with Gasteiger partial charge >= 0.3 is 0 Å². The van der Waals surface area contributed by atoms with Crippen molar-refractivity contribution in [3.63, 3.8) is 0 Å². The number of carbonyl (C=O) groups excluding carboxylic acids is 1. The van der Waals surface area contributed by atoms with Crippen LogP contribution in [0.3, 0.4) is 0 Å². The first-order chi connectivity index (χ1) is 8.22. The van der Waals surface area contributed by atoms with Crippen molar-refractivity contribution in [3.8, 4) is 0 Å². The highest BCUT2D eigenvalue weighted by Crippen LogP contribution is 2.02. The zero-order valence-corrected chi connectivity index (χ0v) is 10.1. The van der Waals surface area contributed by atoms with E-state index in [0.717, 1.165) is 18.7 Å². The second-order valence-corrected chi connectivity index (χ2v) is 3.64. The van der Waals surface area contributed by atoms with E-state index in [1.165, 1.54) is 0 Å². The molecule has 1 aromatic rings. The van der Waals surface area contributed by atoms with E-state index in [9.17, 15) is 4.79 Å². The van der Waals surface area contributed by atoms with Crippen LogP contribution in [-0.2, 0) is 6.42 Å². The van der Waals surface area contributed by atoms with Crippen LogP contribution in [0.1, 0.15) is 29.8 Å². The minimum atomic E-state index is -0.205. The monoisotopic (exact) mass is 234 g/mol. The summed E-state index contributed by atoms with van der Waals surface area (Å²) in [5.41, 5.74) is 0. The van der Waals surface area contributed by atoms with Crippen LogP contribution in [0.15, 0.2) is 25.3 Å². The molecule has 0 aromatic carbocycles. The molecule has 0 aliphatic carbocycles. The number of hydrogen-bond donors (Lipinski definition) is 1. The van der Waals surface area contributed by atoms with E-state index in [1.807, 2.05) is 6.92 Å². The van der Waals surface area contributed by atoms with Gasteiger partial charge in [-0.1, -0.05) is 19.1 Å². The molecule has 5 nitrogen and oxygen atoms in total.